The number of nitrogens with zero attached hydrogens (tertiary/aromatic N) is 1. The molecule has 0 saturated carbocycles. The molecule has 0 amide bonds. The highest BCUT2D eigenvalue weighted by molar-refractivity contribution is 7.80. The second kappa shape index (κ2) is 7.88. The number of rotatable bonds is 6. The van der Waals surface area contributed by atoms with Gasteiger partial charge in [0.05, 0.1) is 4.92 Å². The SMILES string of the molecule is COCCCNC(=S)Nc1ccc(Cl)c([N+](=O)[O-])c1. The van der Waals surface area contributed by atoms with Crippen LogP contribution in [0.5, 0.6) is 0 Å². The summed E-state index contributed by atoms with van der Waals surface area (Å²) in [7, 11) is 1.63. The van der Waals surface area contributed by atoms with Crippen LogP contribution in [0, 0.1) is 10.1 Å². The zero-order valence-electron chi connectivity index (χ0n) is 10.3. The monoisotopic (exact) mass is 303 g/mol. The summed E-state index contributed by atoms with van der Waals surface area (Å²) in [6.07, 6.45) is 0.819. The minimum atomic E-state index is -0.539. The van der Waals surface area contributed by atoms with E-state index >= 15 is 0 Å². The summed E-state index contributed by atoms with van der Waals surface area (Å²) in [5, 5.41) is 17.0. The van der Waals surface area contributed by atoms with Crippen molar-refractivity contribution in [1.82, 2.24) is 5.32 Å². The van der Waals surface area contributed by atoms with E-state index in [1.807, 2.05) is 0 Å². The molecule has 0 aliphatic rings. The molecule has 0 spiro atoms. The van der Waals surface area contributed by atoms with Crippen LogP contribution in [0.25, 0.3) is 0 Å². The van der Waals surface area contributed by atoms with Crippen LogP contribution in [0.15, 0.2) is 18.2 Å². The summed E-state index contributed by atoms with van der Waals surface area (Å²) >= 11 is 10.8. The maximum absolute atomic E-state index is 10.7. The molecule has 19 heavy (non-hydrogen) atoms. The van der Waals surface area contributed by atoms with E-state index in [4.69, 9.17) is 28.6 Å². The van der Waals surface area contributed by atoms with E-state index in [2.05, 4.69) is 10.6 Å². The molecule has 1 aromatic rings. The van der Waals surface area contributed by atoms with Crippen molar-refractivity contribution < 1.29 is 9.66 Å². The van der Waals surface area contributed by atoms with Gasteiger partial charge in [-0.1, -0.05) is 11.6 Å². The van der Waals surface area contributed by atoms with Crippen molar-refractivity contribution in [2.24, 2.45) is 0 Å². The van der Waals surface area contributed by atoms with Crippen molar-refractivity contribution in [3.05, 3.63) is 33.3 Å². The molecule has 104 valence electrons. The highest BCUT2D eigenvalue weighted by Crippen LogP contribution is 2.27. The van der Waals surface area contributed by atoms with Crippen LogP contribution in [-0.2, 0) is 4.74 Å². The first-order valence-electron chi connectivity index (χ1n) is 5.52. The van der Waals surface area contributed by atoms with Gasteiger partial charge in [0.15, 0.2) is 5.11 Å². The number of benzene rings is 1. The standard InChI is InChI=1S/C11H14ClN3O3S/c1-18-6-2-5-13-11(19)14-8-3-4-9(12)10(7-8)15(16)17/h3-4,7H,2,5-6H2,1H3,(H2,13,14,19). The summed E-state index contributed by atoms with van der Waals surface area (Å²) in [6.45, 7) is 1.30. The average molecular weight is 304 g/mol. The van der Waals surface area contributed by atoms with Gasteiger partial charge in [0.25, 0.3) is 5.69 Å². The number of thiocarbonyl (C=S) groups is 1. The Hall–Kier alpha value is -1.44. The number of nitro groups is 1. The number of hydrogen-bond acceptors (Lipinski definition) is 4. The maximum Gasteiger partial charge on any atom is 0.289 e. The lowest BCUT2D eigenvalue weighted by molar-refractivity contribution is -0.384. The average Bonchev–Trinajstić information content (AvgIpc) is 2.36. The summed E-state index contributed by atoms with van der Waals surface area (Å²) in [5.41, 5.74) is 0.356. The molecule has 0 aliphatic heterocycles. The van der Waals surface area contributed by atoms with E-state index < -0.39 is 4.92 Å². The zero-order valence-corrected chi connectivity index (χ0v) is 11.9. The number of anilines is 1. The van der Waals surface area contributed by atoms with E-state index in [1.54, 1.807) is 13.2 Å². The third-order valence-electron chi connectivity index (χ3n) is 2.21. The smallest absolute Gasteiger partial charge is 0.289 e. The number of nitrogens with one attached hydrogen (secondary N) is 2. The molecule has 0 unspecified atom stereocenters. The lowest BCUT2D eigenvalue weighted by Gasteiger charge is -2.10. The second-order valence-electron chi connectivity index (χ2n) is 3.65. The van der Waals surface area contributed by atoms with Gasteiger partial charge in [0, 0.05) is 32.0 Å². The van der Waals surface area contributed by atoms with Crippen molar-refractivity contribution >= 4 is 40.3 Å². The molecule has 0 bridgehead atoms. The Morgan fingerprint density at radius 2 is 2.32 bits per heavy atom. The Morgan fingerprint density at radius 3 is 2.95 bits per heavy atom. The van der Waals surface area contributed by atoms with Gasteiger partial charge in [0.1, 0.15) is 5.02 Å². The molecule has 0 atom stereocenters. The van der Waals surface area contributed by atoms with E-state index in [0.29, 0.717) is 24.0 Å². The van der Waals surface area contributed by atoms with E-state index in [1.165, 1.54) is 12.1 Å². The van der Waals surface area contributed by atoms with Gasteiger partial charge in [-0.15, -0.1) is 0 Å². The molecule has 6 nitrogen and oxygen atoms in total. The molecular formula is C11H14ClN3O3S. The molecule has 0 heterocycles. The van der Waals surface area contributed by atoms with Crippen molar-refractivity contribution in [3.8, 4) is 0 Å². The van der Waals surface area contributed by atoms with Crippen LogP contribution in [0.3, 0.4) is 0 Å². The van der Waals surface area contributed by atoms with Gasteiger partial charge in [-0.3, -0.25) is 10.1 Å². The quantitative estimate of drug-likeness (QED) is 0.364. The first kappa shape index (κ1) is 15.6. The van der Waals surface area contributed by atoms with E-state index in [0.717, 1.165) is 6.42 Å². The third-order valence-corrected chi connectivity index (χ3v) is 2.78. The number of methoxy groups -OCH3 is 1. The van der Waals surface area contributed by atoms with Crippen LogP contribution in [-0.4, -0.2) is 30.3 Å². The summed E-state index contributed by atoms with van der Waals surface area (Å²) in [4.78, 5) is 10.2. The Labute approximate surface area is 121 Å². The fraction of sp³-hybridized carbons (Fsp3) is 0.364. The zero-order chi connectivity index (χ0) is 14.3. The predicted octanol–water partition coefficient (Wildman–Crippen LogP) is 2.57. The first-order chi connectivity index (χ1) is 9.04. The number of ether oxygens (including phenoxy) is 1. The fourth-order valence-electron chi connectivity index (χ4n) is 1.32. The van der Waals surface area contributed by atoms with Gasteiger partial charge >= 0.3 is 0 Å². The van der Waals surface area contributed by atoms with Gasteiger partial charge in [-0.2, -0.15) is 0 Å². The molecule has 0 fully saturated rings. The highest BCUT2D eigenvalue weighted by Gasteiger charge is 2.12. The lowest BCUT2D eigenvalue weighted by Crippen LogP contribution is -2.29. The lowest BCUT2D eigenvalue weighted by atomic mass is 10.3. The van der Waals surface area contributed by atoms with Gasteiger partial charge < -0.3 is 15.4 Å². The van der Waals surface area contributed by atoms with Crippen LogP contribution >= 0.6 is 23.8 Å². The highest BCUT2D eigenvalue weighted by atomic mass is 35.5. The Balaban J connectivity index is 2.55. The molecular weight excluding hydrogens is 290 g/mol. The second-order valence-corrected chi connectivity index (χ2v) is 4.47. The van der Waals surface area contributed by atoms with Crippen LogP contribution < -0.4 is 10.6 Å². The molecule has 2 N–H and O–H groups in total. The van der Waals surface area contributed by atoms with Crippen LogP contribution in [0.2, 0.25) is 5.02 Å². The van der Waals surface area contributed by atoms with E-state index in [9.17, 15) is 10.1 Å². The largest absolute Gasteiger partial charge is 0.385 e. The molecule has 1 rings (SSSR count). The summed E-state index contributed by atoms with van der Waals surface area (Å²) in [6, 6.07) is 4.42. The number of hydrogen-bond donors (Lipinski definition) is 2. The summed E-state index contributed by atoms with van der Waals surface area (Å²) in [5.74, 6) is 0. The first-order valence-corrected chi connectivity index (χ1v) is 6.31. The van der Waals surface area contributed by atoms with Crippen molar-refractivity contribution in [2.75, 3.05) is 25.6 Å². The Bertz CT molecular complexity index is 470. The molecule has 0 saturated heterocycles. The van der Waals surface area contributed by atoms with Gasteiger partial charge in [-0.25, -0.2) is 0 Å². The minimum Gasteiger partial charge on any atom is -0.385 e. The molecule has 0 radical (unpaired) electrons. The molecule has 0 aromatic heterocycles. The predicted molar refractivity (Wildman–Crippen MR) is 78.8 cm³/mol. The van der Waals surface area contributed by atoms with Gasteiger partial charge in [-0.05, 0) is 30.8 Å². The Kier molecular flexibility index (Phi) is 6.48. The van der Waals surface area contributed by atoms with Crippen LogP contribution in [0.1, 0.15) is 6.42 Å². The van der Waals surface area contributed by atoms with Crippen LogP contribution in [0.4, 0.5) is 11.4 Å². The molecule has 8 heteroatoms. The van der Waals surface area contributed by atoms with Gasteiger partial charge in [0.2, 0.25) is 0 Å². The molecule has 0 aliphatic carbocycles. The Morgan fingerprint density at radius 1 is 1.58 bits per heavy atom. The fourth-order valence-corrected chi connectivity index (χ4v) is 1.73. The number of nitro benzene ring substituents is 1. The van der Waals surface area contributed by atoms with Crippen molar-refractivity contribution in [2.45, 2.75) is 6.42 Å². The topological polar surface area (TPSA) is 76.4 Å². The van der Waals surface area contributed by atoms with Crippen molar-refractivity contribution in [1.29, 1.82) is 0 Å². The van der Waals surface area contributed by atoms with E-state index in [-0.39, 0.29) is 10.7 Å². The normalized spacial score (nSPS) is 10.0. The van der Waals surface area contributed by atoms with Crippen molar-refractivity contribution in [3.63, 3.8) is 0 Å². The number of halogens is 1. The summed E-state index contributed by atoms with van der Waals surface area (Å²) < 4.78 is 4.90. The molecule has 1 aromatic carbocycles. The maximum atomic E-state index is 10.7. The third kappa shape index (κ3) is 5.37. The minimum absolute atomic E-state index is 0.0922.